The molecule has 1 saturated heterocycles. The van der Waals surface area contributed by atoms with Crippen molar-refractivity contribution >= 4 is 23.1 Å². The number of aromatic nitrogens is 1. The average Bonchev–Trinajstić information content (AvgIpc) is 3.15. The summed E-state index contributed by atoms with van der Waals surface area (Å²) in [5, 5.41) is 10.4. The number of nitrogen functional groups attached to an aromatic ring is 1. The van der Waals surface area contributed by atoms with Crippen LogP contribution in [0.1, 0.15) is 34.7 Å². The Hall–Kier alpha value is -2.29. The highest BCUT2D eigenvalue weighted by molar-refractivity contribution is 6.30. The third kappa shape index (κ3) is 2.92. The van der Waals surface area contributed by atoms with Crippen LogP contribution in [0.5, 0.6) is 0 Å². The highest BCUT2D eigenvalue weighted by Gasteiger charge is 2.30. The Kier molecular flexibility index (Phi) is 4.24. The van der Waals surface area contributed by atoms with Crippen LogP contribution in [0.25, 0.3) is 0 Å². The number of fused-ring (bicyclic) bond motifs is 1. The standard InChI is InChI=1S/C19H19ClN4O/c20-13-1-3-14(4-2-13)24-7-5-17-16(10-24)18(12-6-8-25-11-12)15(9-21)19(22)23-17/h1-4,12H,5-8,10-11H2,(H2,22,23). The molecule has 1 unspecified atom stereocenters. The Labute approximate surface area is 152 Å². The summed E-state index contributed by atoms with van der Waals surface area (Å²) in [4.78, 5) is 6.83. The van der Waals surface area contributed by atoms with Crippen molar-refractivity contribution in [3.63, 3.8) is 0 Å². The van der Waals surface area contributed by atoms with Gasteiger partial charge in [0.15, 0.2) is 0 Å². The van der Waals surface area contributed by atoms with E-state index in [0.29, 0.717) is 18.0 Å². The number of nitrogens with two attached hydrogens (primary N) is 1. The third-order valence-corrected chi connectivity index (χ3v) is 5.32. The van der Waals surface area contributed by atoms with Crippen LogP contribution in [0, 0.1) is 11.3 Å². The topological polar surface area (TPSA) is 75.2 Å². The van der Waals surface area contributed by atoms with Crippen molar-refractivity contribution in [1.29, 1.82) is 5.26 Å². The van der Waals surface area contributed by atoms with Gasteiger partial charge < -0.3 is 15.4 Å². The summed E-state index contributed by atoms with van der Waals surface area (Å²) in [6.45, 7) is 2.97. The van der Waals surface area contributed by atoms with Gasteiger partial charge in [-0.15, -0.1) is 0 Å². The van der Waals surface area contributed by atoms with E-state index in [-0.39, 0.29) is 5.92 Å². The zero-order valence-electron chi connectivity index (χ0n) is 13.8. The predicted octanol–water partition coefficient (Wildman–Crippen LogP) is 3.26. The van der Waals surface area contributed by atoms with Gasteiger partial charge in [-0.2, -0.15) is 5.26 Å². The first-order chi connectivity index (χ1) is 12.2. The first kappa shape index (κ1) is 16.2. The molecule has 2 aliphatic rings. The first-order valence-corrected chi connectivity index (χ1v) is 8.84. The molecule has 0 bridgehead atoms. The van der Waals surface area contributed by atoms with Gasteiger partial charge in [0.05, 0.1) is 12.2 Å². The van der Waals surface area contributed by atoms with Crippen molar-refractivity contribution in [2.24, 2.45) is 0 Å². The number of pyridine rings is 1. The summed E-state index contributed by atoms with van der Waals surface area (Å²) >= 11 is 6.01. The lowest BCUT2D eigenvalue weighted by Crippen LogP contribution is -2.33. The summed E-state index contributed by atoms with van der Waals surface area (Å²) in [6, 6.07) is 10.1. The maximum atomic E-state index is 9.64. The van der Waals surface area contributed by atoms with Crippen LogP contribution >= 0.6 is 11.6 Å². The van der Waals surface area contributed by atoms with E-state index in [9.17, 15) is 5.26 Å². The number of nitriles is 1. The number of ether oxygens (including phenoxy) is 1. The molecule has 1 aromatic heterocycles. The van der Waals surface area contributed by atoms with Gasteiger partial charge in [0.25, 0.3) is 0 Å². The van der Waals surface area contributed by atoms with Crippen molar-refractivity contribution in [3.8, 4) is 6.07 Å². The van der Waals surface area contributed by atoms with E-state index in [1.54, 1.807) is 0 Å². The highest BCUT2D eigenvalue weighted by Crippen LogP contribution is 2.37. The molecule has 0 saturated carbocycles. The van der Waals surface area contributed by atoms with E-state index >= 15 is 0 Å². The summed E-state index contributed by atoms with van der Waals surface area (Å²) in [5.74, 6) is 0.571. The van der Waals surface area contributed by atoms with E-state index < -0.39 is 0 Å². The van der Waals surface area contributed by atoms with E-state index in [4.69, 9.17) is 22.1 Å². The van der Waals surface area contributed by atoms with Crippen LogP contribution in [0.15, 0.2) is 24.3 Å². The Bertz CT molecular complexity index is 838. The lowest BCUT2D eigenvalue weighted by atomic mass is 9.86. The molecule has 2 aliphatic heterocycles. The lowest BCUT2D eigenvalue weighted by molar-refractivity contribution is 0.193. The summed E-state index contributed by atoms with van der Waals surface area (Å²) < 4.78 is 5.57. The van der Waals surface area contributed by atoms with Gasteiger partial charge in [0, 0.05) is 48.4 Å². The Morgan fingerprint density at radius 1 is 1.32 bits per heavy atom. The number of hydrogen-bond acceptors (Lipinski definition) is 5. The zero-order valence-corrected chi connectivity index (χ0v) is 14.6. The first-order valence-electron chi connectivity index (χ1n) is 8.47. The molecule has 6 heteroatoms. The molecule has 1 aromatic carbocycles. The molecule has 4 rings (SSSR count). The maximum Gasteiger partial charge on any atom is 0.141 e. The van der Waals surface area contributed by atoms with Crippen molar-refractivity contribution in [2.45, 2.75) is 25.3 Å². The van der Waals surface area contributed by atoms with E-state index in [1.807, 2.05) is 24.3 Å². The Morgan fingerprint density at radius 2 is 2.12 bits per heavy atom. The van der Waals surface area contributed by atoms with Gasteiger partial charge in [-0.1, -0.05) is 11.6 Å². The number of benzene rings is 1. The molecule has 3 heterocycles. The van der Waals surface area contributed by atoms with Crippen LogP contribution in [0.3, 0.4) is 0 Å². The molecular weight excluding hydrogens is 336 g/mol. The normalized spacial score (nSPS) is 19.5. The van der Waals surface area contributed by atoms with Crippen LogP contribution in [0.2, 0.25) is 5.02 Å². The number of rotatable bonds is 2. The molecule has 1 fully saturated rings. The highest BCUT2D eigenvalue weighted by atomic mass is 35.5. The number of halogens is 1. The van der Waals surface area contributed by atoms with Gasteiger partial charge in [0.2, 0.25) is 0 Å². The quantitative estimate of drug-likeness (QED) is 0.895. The summed E-state index contributed by atoms with van der Waals surface area (Å²) in [6.07, 6.45) is 1.74. The monoisotopic (exact) mass is 354 g/mol. The van der Waals surface area contributed by atoms with Gasteiger partial charge >= 0.3 is 0 Å². The minimum absolute atomic E-state index is 0.221. The van der Waals surface area contributed by atoms with Gasteiger partial charge in [-0.3, -0.25) is 0 Å². The molecule has 0 amide bonds. The van der Waals surface area contributed by atoms with Crippen molar-refractivity contribution in [3.05, 3.63) is 51.7 Å². The number of nitrogens with zero attached hydrogens (tertiary/aromatic N) is 3. The molecular formula is C19H19ClN4O. The van der Waals surface area contributed by atoms with Crippen LogP contribution in [-0.4, -0.2) is 24.7 Å². The summed E-state index contributed by atoms with van der Waals surface area (Å²) in [5.41, 5.74) is 10.9. The predicted molar refractivity (Wildman–Crippen MR) is 97.7 cm³/mol. The fourth-order valence-electron chi connectivity index (χ4n) is 3.81. The van der Waals surface area contributed by atoms with E-state index in [0.717, 1.165) is 60.1 Å². The van der Waals surface area contributed by atoms with Crippen molar-refractivity contribution in [2.75, 3.05) is 30.4 Å². The largest absolute Gasteiger partial charge is 0.383 e. The summed E-state index contributed by atoms with van der Waals surface area (Å²) in [7, 11) is 0. The second-order valence-corrected chi connectivity index (χ2v) is 6.97. The van der Waals surface area contributed by atoms with Crippen LogP contribution < -0.4 is 10.6 Å². The molecule has 0 spiro atoms. The smallest absolute Gasteiger partial charge is 0.141 e. The second-order valence-electron chi connectivity index (χ2n) is 6.53. The Balaban J connectivity index is 1.77. The van der Waals surface area contributed by atoms with Crippen molar-refractivity contribution in [1.82, 2.24) is 4.98 Å². The molecule has 2 aromatic rings. The van der Waals surface area contributed by atoms with Crippen molar-refractivity contribution < 1.29 is 4.74 Å². The van der Waals surface area contributed by atoms with Gasteiger partial charge in [-0.25, -0.2) is 4.98 Å². The SMILES string of the molecule is N#Cc1c(N)nc2c(c1C1CCOC1)CN(c1ccc(Cl)cc1)CC2. The number of hydrogen-bond donors (Lipinski definition) is 1. The Morgan fingerprint density at radius 3 is 2.80 bits per heavy atom. The van der Waals surface area contributed by atoms with E-state index in [2.05, 4.69) is 16.0 Å². The second kappa shape index (κ2) is 6.55. The zero-order chi connectivity index (χ0) is 17.4. The fourth-order valence-corrected chi connectivity index (χ4v) is 3.94. The van der Waals surface area contributed by atoms with Crippen LogP contribution in [-0.2, 0) is 17.7 Å². The lowest BCUT2D eigenvalue weighted by Gasteiger charge is -2.33. The third-order valence-electron chi connectivity index (χ3n) is 5.06. The molecule has 128 valence electrons. The minimum Gasteiger partial charge on any atom is -0.383 e. The minimum atomic E-state index is 0.221. The molecule has 25 heavy (non-hydrogen) atoms. The average molecular weight is 355 g/mol. The van der Waals surface area contributed by atoms with E-state index in [1.165, 1.54) is 0 Å². The van der Waals surface area contributed by atoms with Gasteiger partial charge in [0.1, 0.15) is 11.9 Å². The van der Waals surface area contributed by atoms with Gasteiger partial charge in [-0.05, 0) is 41.8 Å². The maximum absolute atomic E-state index is 9.64. The number of anilines is 2. The fraction of sp³-hybridized carbons (Fsp3) is 0.368. The van der Waals surface area contributed by atoms with Crippen LogP contribution in [0.4, 0.5) is 11.5 Å². The molecule has 0 aliphatic carbocycles. The molecule has 5 nitrogen and oxygen atoms in total. The molecule has 0 radical (unpaired) electrons. The molecule has 1 atom stereocenters. The molecule has 2 N–H and O–H groups in total.